The quantitative estimate of drug-likeness (QED) is 0.467. The van der Waals surface area contributed by atoms with E-state index < -0.39 is 0 Å². The summed E-state index contributed by atoms with van der Waals surface area (Å²) in [7, 11) is 3.71. The number of H-pyrrole nitrogens is 1. The van der Waals surface area contributed by atoms with Crippen molar-refractivity contribution in [2.45, 2.75) is 6.54 Å². The highest BCUT2D eigenvalue weighted by Gasteiger charge is 2.20. The predicted octanol–water partition coefficient (Wildman–Crippen LogP) is 3.89. The number of ether oxygens (including phenoxy) is 1. The maximum Gasteiger partial charge on any atom is 0.160 e. The van der Waals surface area contributed by atoms with Crippen LogP contribution in [0.2, 0.25) is 0 Å². The van der Waals surface area contributed by atoms with E-state index in [0.29, 0.717) is 5.75 Å². The monoisotopic (exact) mass is 444 g/mol. The van der Waals surface area contributed by atoms with Crippen molar-refractivity contribution in [1.29, 1.82) is 0 Å². The minimum atomic E-state index is 0.0768. The molecule has 0 unspecified atom stereocenters. The zero-order valence-electron chi connectivity index (χ0n) is 18.9. The number of rotatable bonds is 6. The van der Waals surface area contributed by atoms with E-state index in [4.69, 9.17) is 4.74 Å². The maximum absolute atomic E-state index is 10.5. The number of aromatic nitrogens is 3. The highest BCUT2D eigenvalue weighted by atomic mass is 16.5. The zero-order chi connectivity index (χ0) is 22.8. The van der Waals surface area contributed by atoms with Gasteiger partial charge < -0.3 is 19.7 Å². The largest absolute Gasteiger partial charge is 0.504 e. The van der Waals surface area contributed by atoms with Crippen molar-refractivity contribution in [1.82, 2.24) is 24.8 Å². The van der Waals surface area contributed by atoms with Crippen molar-refractivity contribution in [3.8, 4) is 11.5 Å². The molecule has 2 aromatic heterocycles. The Morgan fingerprint density at radius 3 is 2.64 bits per heavy atom. The Bertz CT molecular complexity index is 1250. The van der Waals surface area contributed by atoms with Crippen molar-refractivity contribution in [3.05, 3.63) is 66.6 Å². The van der Waals surface area contributed by atoms with E-state index in [9.17, 15) is 5.11 Å². The van der Waals surface area contributed by atoms with Gasteiger partial charge in [0, 0.05) is 50.7 Å². The van der Waals surface area contributed by atoms with Gasteiger partial charge in [0.25, 0.3) is 0 Å². The van der Waals surface area contributed by atoms with Crippen molar-refractivity contribution in [3.63, 3.8) is 0 Å². The number of phenolic OH excluding ortho intramolecular Hbond substituents is 1. The second-order valence-electron chi connectivity index (χ2n) is 8.38. The normalized spacial score (nSPS) is 15.1. The van der Waals surface area contributed by atoms with Gasteiger partial charge in [-0.05, 0) is 42.9 Å². The van der Waals surface area contributed by atoms with Gasteiger partial charge in [0.15, 0.2) is 17.3 Å². The molecule has 8 nitrogen and oxygen atoms in total. The van der Waals surface area contributed by atoms with Crippen LogP contribution < -0.4 is 9.64 Å². The third-order valence-electron chi connectivity index (χ3n) is 6.14. The van der Waals surface area contributed by atoms with Crippen LogP contribution in [0.25, 0.3) is 11.0 Å². The number of piperazine rings is 1. The Hall–Kier alpha value is -3.62. The maximum atomic E-state index is 10.5. The fraction of sp³-hybridized carbons (Fsp3) is 0.280. The highest BCUT2D eigenvalue weighted by molar-refractivity contribution is 5.93. The number of likely N-dealkylation sites (N-methyl/N-ethyl adjacent to an activating group) is 1. The van der Waals surface area contributed by atoms with Crippen LogP contribution in [0.4, 0.5) is 17.2 Å². The van der Waals surface area contributed by atoms with Gasteiger partial charge in [0.05, 0.1) is 18.2 Å². The van der Waals surface area contributed by atoms with E-state index in [1.165, 1.54) is 5.56 Å². The first-order valence-electron chi connectivity index (χ1n) is 11.1. The first kappa shape index (κ1) is 21.2. The van der Waals surface area contributed by atoms with E-state index in [0.717, 1.165) is 60.9 Å². The first-order chi connectivity index (χ1) is 16.1. The number of aromatic amines is 1. The standard InChI is InChI=1S/C25H28N6O2/c1-29-10-12-30(13-11-29)16-18-4-3-5-19(14-18)31(20-6-7-23(33-2)22(32)15-20)25-21-8-9-26-24(21)27-17-28-25/h3-9,14-15,17,32H,10-13,16H2,1-2H3,(H,26,27,28). The van der Waals surface area contributed by atoms with Crippen LogP contribution in [-0.4, -0.2) is 70.2 Å². The number of aromatic hydroxyl groups is 1. The van der Waals surface area contributed by atoms with Gasteiger partial charge in [-0.15, -0.1) is 0 Å². The fourth-order valence-corrected chi connectivity index (χ4v) is 4.31. The molecule has 33 heavy (non-hydrogen) atoms. The van der Waals surface area contributed by atoms with Crippen molar-refractivity contribution < 1.29 is 9.84 Å². The van der Waals surface area contributed by atoms with Gasteiger partial charge >= 0.3 is 0 Å². The number of nitrogens with one attached hydrogen (secondary N) is 1. The Balaban J connectivity index is 1.56. The molecule has 1 aliphatic rings. The Morgan fingerprint density at radius 2 is 1.85 bits per heavy atom. The van der Waals surface area contributed by atoms with Gasteiger partial charge in [0.1, 0.15) is 12.0 Å². The number of fused-ring (bicyclic) bond motifs is 1. The molecule has 0 bridgehead atoms. The molecule has 4 aromatic rings. The minimum absolute atomic E-state index is 0.0768. The number of methoxy groups -OCH3 is 1. The summed E-state index contributed by atoms with van der Waals surface area (Å²) in [5.41, 5.74) is 3.74. The molecule has 0 aliphatic carbocycles. The number of phenols is 1. The molecule has 0 atom stereocenters. The lowest BCUT2D eigenvalue weighted by atomic mass is 10.1. The lowest BCUT2D eigenvalue weighted by Crippen LogP contribution is -2.43. The second kappa shape index (κ2) is 9.09. The minimum Gasteiger partial charge on any atom is -0.504 e. The SMILES string of the molecule is COc1ccc(N(c2cccc(CN3CCN(C)CC3)c2)c2ncnc3[nH]ccc23)cc1O. The molecular weight excluding hydrogens is 416 g/mol. The van der Waals surface area contributed by atoms with Crippen molar-refractivity contribution in [2.24, 2.45) is 0 Å². The summed E-state index contributed by atoms with van der Waals surface area (Å²) in [6, 6.07) is 15.9. The average molecular weight is 445 g/mol. The Kier molecular flexibility index (Phi) is 5.85. The molecule has 3 heterocycles. The number of anilines is 3. The summed E-state index contributed by atoms with van der Waals surface area (Å²) in [6.07, 6.45) is 3.41. The van der Waals surface area contributed by atoms with Crippen molar-refractivity contribution >= 4 is 28.2 Å². The third kappa shape index (κ3) is 4.35. The summed E-state index contributed by atoms with van der Waals surface area (Å²) >= 11 is 0. The predicted molar refractivity (Wildman–Crippen MR) is 130 cm³/mol. The molecule has 8 heteroatoms. The van der Waals surface area contributed by atoms with Crippen LogP contribution in [0.5, 0.6) is 11.5 Å². The molecule has 1 aliphatic heterocycles. The molecule has 5 rings (SSSR count). The van der Waals surface area contributed by atoms with Crippen LogP contribution >= 0.6 is 0 Å². The van der Waals surface area contributed by atoms with Gasteiger partial charge in [-0.3, -0.25) is 9.80 Å². The lowest BCUT2D eigenvalue weighted by Gasteiger charge is -2.32. The molecule has 1 saturated heterocycles. The fourth-order valence-electron chi connectivity index (χ4n) is 4.31. The van der Waals surface area contributed by atoms with Gasteiger partial charge in [-0.25, -0.2) is 9.97 Å². The smallest absolute Gasteiger partial charge is 0.160 e. The van der Waals surface area contributed by atoms with E-state index in [1.807, 2.05) is 23.2 Å². The molecule has 2 aromatic carbocycles. The lowest BCUT2D eigenvalue weighted by molar-refractivity contribution is 0.148. The number of hydrogen-bond acceptors (Lipinski definition) is 7. The van der Waals surface area contributed by atoms with Crippen molar-refractivity contribution in [2.75, 3.05) is 45.2 Å². The third-order valence-corrected chi connectivity index (χ3v) is 6.14. The van der Waals surface area contributed by atoms with Crippen LogP contribution in [0.15, 0.2) is 61.1 Å². The second-order valence-corrected chi connectivity index (χ2v) is 8.38. The highest BCUT2D eigenvalue weighted by Crippen LogP contribution is 2.40. The van der Waals surface area contributed by atoms with Crippen LogP contribution in [0.1, 0.15) is 5.56 Å². The number of hydrogen-bond donors (Lipinski definition) is 2. The van der Waals surface area contributed by atoms with Crippen LogP contribution in [0.3, 0.4) is 0 Å². The molecule has 2 N–H and O–H groups in total. The van der Waals surface area contributed by atoms with E-state index >= 15 is 0 Å². The Morgan fingerprint density at radius 1 is 1.03 bits per heavy atom. The van der Waals surface area contributed by atoms with Crippen LogP contribution in [-0.2, 0) is 6.54 Å². The first-order valence-corrected chi connectivity index (χ1v) is 11.1. The molecule has 0 amide bonds. The zero-order valence-corrected chi connectivity index (χ0v) is 18.9. The topological polar surface area (TPSA) is 80.8 Å². The van der Waals surface area contributed by atoms with E-state index in [2.05, 4.69) is 56.1 Å². The molecule has 0 saturated carbocycles. The molecular formula is C25H28N6O2. The Labute approximate surface area is 193 Å². The van der Waals surface area contributed by atoms with E-state index in [-0.39, 0.29) is 5.75 Å². The summed E-state index contributed by atoms with van der Waals surface area (Å²) < 4.78 is 5.25. The summed E-state index contributed by atoms with van der Waals surface area (Å²) in [5.74, 6) is 1.24. The summed E-state index contributed by atoms with van der Waals surface area (Å²) in [4.78, 5) is 19.0. The summed E-state index contributed by atoms with van der Waals surface area (Å²) in [5, 5.41) is 11.4. The van der Waals surface area contributed by atoms with Gasteiger partial charge in [-0.2, -0.15) is 0 Å². The van der Waals surface area contributed by atoms with E-state index in [1.54, 1.807) is 25.6 Å². The molecule has 0 spiro atoms. The average Bonchev–Trinajstić information content (AvgIpc) is 3.31. The summed E-state index contributed by atoms with van der Waals surface area (Å²) in [6.45, 7) is 5.19. The van der Waals surface area contributed by atoms with Gasteiger partial charge in [0.2, 0.25) is 0 Å². The molecule has 170 valence electrons. The van der Waals surface area contributed by atoms with Crippen LogP contribution in [0, 0.1) is 0 Å². The van der Waals surface area contributed by atoms with Gasteiger partial charge in [-0.1, -0.05) is 12.1 Å². The number of nitrogens with zero attached hydrogens (tertiary/aromatic N) is 5. The number of benzene rings is 2. The molecule has 1 fully saturated rings. The molecule has 0 radical (unpaired) electrons.